The minimum Gasteiger partial charge on any atom is -0.379 e. The molecule has 2 fully saturated rings. The number of likely N-dealkylation sites (N-methyl/N-ethyl adjacent to an activating group) is 1. The second kappa shape index (κ2) is 8.68. The van der Waals surface area contributed by atoms with E-state index in [1.165, 1.54) is 21.9 Å². The zero-order chi connectivity index (χ0) is 23.1. The Labute approximate surface area is 191 Å². The lowest BCUT2D eigenvalue weighted by atomic mass is 10.1. The Bertz CT molecular complexity index is 1110. The SMILES string of the molecule is Cc1c[n+]2c(n1CCCN1CCOCC1)N=C1C2C(=O)N(Cc2ccc(F)cc2)C(=O)N1C. The first-order valence-electron chi connectivity index (χ1n) is 11.3. The van der Waals surface area contributed by atoms with Gasteiger partial charge in [0.15, 0.2) is 0 Å². The molecule has 0 spiro atoms. The lowest BCUT2D eigenvalue weighted by Gasteiger charge is -2.33. The van der Waals surface area contributed by atoms with Gasteiger partial charge in [-0.15, -0.1) is 0 Å². The second-order valence-corrected chi connectivity index (χ2v) is 8.70. The highest BCUT2D eigenvalue weighted by Crippen LogP contribution is 2.30. The van der Waals surface area contributed by atoms with Crippen molar-refractivity contribution in [1.82, 2.24) is 19.3 Å². The number of rotatable bonds is 6. The number of hydrogen-bond acceptors (Lipinski definition) is 5. The number of hydrogen-bond donors (Lipinski definition) is 0. The normalized spacial score (nSPS) is 20.8. The molecule has 0 saturated carbocycles. The van der Waals surface area contributed by atoms with Gasteiger partial charge >= 0.3 is 12.0 Å². The smallest absolute Gasteiger partial charge is 0.379 e. The summed E-state index contributed by atoms with van der Waals surface area (Å²) in [5.41, 5.74) is 1.71. The van der Waals surface area contributed by atoms with E-state index in [2.05, 4.69) is 9.47 Å². The molecule has 0 aliphatic carbocycles. The zero-order valence-electron chi connectivity index (χ0n) is 18.9. The van der Waals surface area contributed by atoms with Crippen LogP contribution in [0.3, 0.4) is 0 Å². The van der Waals surface area contributed by atoms with Crippen LogP contribution in [0.4, 0.5) is 15.1 Å². The maximum atomic E-state index is 13.4. The average Bonchev–Trinajstić information content (AvgIpc) is 3.33. The number of imide groups is 1. The van der Waals surface area contributed by atoms with E-state index in [0.29, 0.717) is 17.3 Å². The van der Waals surface area contributed by atoms with Crippen molar-refractivity contribution in [3.63, 3.8) is 0 Å². The topological polar surface area (TPSA) is 74.3 Å². The van der Waals surface area contributed by atoms with Gasteiger partial charge in [0.1, 0.15) is 17.7 Å². The van der Waals surface area contributed by atoms with Crippen molar-refractivity contribution < 1.29 is 23.3 Å². The van der Waals surface area contributed by atoms with Gasteiger partial charge in [-0.3, -0.25) is 19.5 Å². The van der Waals surface area contributed by atoms with Gasteiger partial charge in [0.05, 0.1) is 26.3 Å². The van der Waals surface area contributed by atoms with E-state index in [0.717, 1.165) is 51.5 Å². The zero-order valence-corrected chi connectivity index (χ0v) is 18.9. The molecule has 174 valence electrons. The number of nitrogens with zero attached hydrogens (tertiary/aromatic N) is 6. The lowest BCUT2D eigenvalue weighted by molar-refractivity contribution is -0.677. The molecule has 3 amide bonds. The first-order chi connectivity index (χ1) is 15.9. The van der Waals surface area contributed by atoms with Crippen LogP contribution in [-0.4, -0.2) is 76.9 Å². The Hall–Kier alpha value is -3.11. The quantitative estimate of drug-likeness (QED) is 0.621. The van der Waals surface area contributed by atoms with Crippen LogP contribution >= 0.6 is 0 Å². The van der Waals surface area contributed by atoms with Gasteiger partial charge in [-0.2, -0.15) is 0 Å². The number of morpholine rings is 1. The minimum atomic E-state index is -0.678. The molecule has 10 heteroatoms. The molecule has 1 unspecified atom stereocenters. The molecule has 5 rings (SSSR count). The number of ether oxygens (including phenoxy) is 1. The first kappa shape index (κ1) is 21.7. The van der Waals surface area contributed by atoms with Crippen molar-refractivity contribution in [3.8, 4) is 0 Å². The van der Waals surface area contributed by atoms with E-state index < -0.39 is 12.1 Å². The summed E-state index contributed by atoms with van der Waals surface area (Å²) in [6.45, 7) is 7.30. The van der Waals surface area contributed by atoms with Crippen LogP contribution in [-0.2, 0) is 22.6 Å². The Balaban J connectivity index is 1.36. The van der Waals surface area contributed by atoms with Gasteiger partial charge in [-0.1, -0.05) is 17.1 Å². The van der Waals surface area contributed by atoms with Crippen molar-refractivity contribution >= 4 is 23.7 Å². The van der Waals surface area contributed by atoms with E-state index in [1.807, 2.05) is 17.7 Å². The predicted molar refractivity (Wildman–Crippen MR) is 117 cm³/mol. The molecule has 9 nitrogen and oxygen atoms in total. The molecule has 4 heterocycles. The maximum absolute atomic E-state index is 13.4. The predicted octanol–water partition coefficient (Wildman–Crippen LogP) is 1.62. The van der Waals surface area contributed by atoms with Crippen molar-refractivity contribution in [2.24, 2.45) is 4.99 Å². The van der Waals surface area contributed by atoms with Crippen molar-refractivity contribution in [2.45, 2.75) is 32.5 Å². The molecule has 33 heavy (non-hydrogen) atoms. The summed E-state index contributed by atoms with van der Waals surface area (Å²) in [7, 11) is 1.64. The van der Waals surface area contributed by atoms with Crippen molar-refractivity contribution in [3.05, 3.63) is 47.5 Å². The average molecular weight is 456 g/mol. The number of carbonyl (C=O) groups excluding carboxylic acids is 2. The molecule has 0 radical (unpaired) electrons. The number of carbonyl (C=O) groups is 2. The third-order valence-corrected chi connectivity index (χ3v) is 6.54. The van der Waals surface area contributed by atoms with Crippen LogP contribution in [0.5, 0.6) is 0 Å². The summed E-state index contributed by atoms with van der Waals surface area (Å²) >= 11 is 0. The molecule has 3 aliphatic heterocycles. The number of benzene rings is 1. The molecule has 1 atom stereocenters. The van der Waals surface area contributed by atoms with Crippen molar-refractivity contribution in [1.29, 1.82) is 0 Å². The molecular weight excluding hydrogens is 427 g/mol. The fourth-order valence-corrected chi connectivity index (χ4v) is 4.70. The Morgan fingerprint density at radius 2 is 1.88 bits per heavy atom. The Morgan fingerprint density at radius 3 is 2.61 bits per heavy atom. The largest absolute Gasteiger partial charge is 0.401 e. The van der Waals surface area contributed by atoms with Gasteiger partial charge in [0.2, 0.25) is 11.9 Å². The third-order valence-electron chi connectivity index (χ3n) is 6.54. The minimum absolute atomic E-state index is 0.0845. The number of fused-ring (bicyclic) bond motifs is 3. The Morgan fingerprint density at radius 1 is 1.15 bits per heavy atom. The number of aromatic nitrogens is 2. The number of amidine groups is 1. The first-order valence-corrected chi connectivity index (χ1v) is 11.3. The maximum Gasteiger partial charge on any atom is 0.401 e. The molecule has 0 bridgehead atoms. The Kier molecular flexibility index (Phi) is 5.71. The number of urea groups is 1. The number of aliphatic imine (C=N–C) groups is 1. The standard InChI is InChI=1S/C23H28FN6O3/c1-16-14-29-19-20(25-22(29)28(16)9-3-8-27-10-12-33-13-11-27)26(2)23(32)30(21(19)31)15-17-4-6-18(24)7-5-17/h4-7,14,19H,3,8-13,15H2,1-2H3/q+1. The molecule has 1 aromatic carbocycles. The molecular formula is C23H28FN6O3+. The van der Waals surface area contributed by atoms with E-state index in [9.17, 15) is 14.0 Å². The summed E-state index contributed by atoms with van der Waals surface area (Å²) in [6, 6.07) is 4.72. The van der Waals surface area contributed by atoms with Crippen LogP contribution in [0.2, 0.25) is 0 Å². The number of aryl methyl sites for hydroxylation is 1. The van der Waals surface area contributed by atoms with Gasteiger partial charge in [0, 0.05) is 26.7 Å². The van der Waals surface area contributed by atoms with E-state index in [-0.39, 0.29) is 18.3 Å². The van der Waals surface area contributed by atoms with E-state index >= 15 is 0 Å². The molecule has 2 aromatic rings. The van der Waals surface area contributed by atoms with E-state index in [4.69, 9.17) is 9.73 Å². The van der Waals surface area contributed by atoms with Gasteiger partial charge < -0.3 is 4.74 Å². The van der Waals surface area contributed by atoms with Crippen LogP contribution in [0.15, 0.2) is 35.5 Å². The highest BCUT2D eigenvalue weighted by molar-refractivity contribution is 6.18. The third kappa shape index (κ3) is 3.93. The van der Waals surface area contributed by atoms with Crippen LogP contribution in [0.1, 0.15) is 23.7 Å². The van der Waals surface area contributed by atoms with Gasteiger partial charge in [-0.05, 0) is 31.0 Å². The number of halogens is 1. The highest BCUT2D eigenvalue weighted by atomic mass is 19.1. The molecule has 0 N–H and O–H groups in total. The number of amides is 3. The fourth-order valence-electron chi connectivity index (χ4n) is 4.70. The fraction of sp³-hybridized carbons (Fsp3) is 0.478. The van der Waals surface area contributed by atoms with E-state index in [1.54, 1.807) is 19.2 Å². The summed E-state index contributed by atoms with van der Waals surface area (Å²) in [5, 5.41) is 0. The van der Waals surface area contributed by atoms with Gasteiger partial charge in [-0.25, -0.2) is 18.3 Å². The van der Waals surface area contributed by atoms with Crippen LogP contribution in [0.25, 0.3) is 0 Å². The summed E-state index contributed by atoms with van der Waals surface area (Å²) in [6.07, 6.45) is 2.89. The monoisotopic (exact) mass is 455 g/mol. The molecule has 2 saturated heterocycles. The summed E-state index contributed by atoms with van der Waals surface area (Å²) in [5.74, 6) is 0.446. The molecule has 3 aliphatic rings. The lowest BCUT2D eigenvalue weighted by Crippen LogP contribution is -2.62. The van der Waals surface area contributed by atoms with Gasteiger partial charge in [0.25, 0.3) is 5.91 Å². The summed E-state index contributed by atoms with van der Waals surface area (Å²) in [4.78, 5) is 36.1. The summed E-state index contributed by atoms with van der Waals surface area (Å²) < 4.78 is 22.7. The highest BCUT2D eigenvalue weighted by Gasteiger charge is 2.53. The van der Waals surface area contributed by atoms with Crippen molar-refractivity contribution in [2.75, 3.05) is 39.9 Å². The number of imidazole rings is 1. The van der Waals surface area contributed by atoms with Crippen LogP contribution in [0, 0.1) is 12.7 Å². The molecule has 1 aromatic heterocycles. The second-order valence-electron chi connectivity index (χ2n) is 8.70. The van der Waals surface area contributed by atoms with Crippen LogP contribution < -0.4 is 4.57 Å².